The molecule has 3 nitrogen and oxygen atoms in total. The fraction of sp³-hybridized carbons (Fsp3) is 0.562. The first kappa shape index (κ1) is 12.7. The number of carbonyl (C=O) groups excluding carboxylic acids is 1. The maximum Gasteiger partial charge on any atom is 0.230 e. The van der Waals surface area contributed by atoms with Crippen LogP contribution in [0, 0.1) is 12.3 Å². The van der Waals surface area contributed by atoms with Gasteiger partial charge in [-0.05, 0) is 63.1 Å². The summed E-state index contributed by atoms with van der Waals surface area (Å²) in [6, 6.07) is 8.00. The van der Waals surface area contributed by atoms with Crippen molar-refractivity contribution >= 4 is 11.6 Å². The van der Waals surface area contributed by atoms with E-state index in [9.17, 15) is 4.79 Å². The lowest BCUT2D eigenvalue weighted by Crippen LogP contribution is -2.55. The van der Waals surface area contributed by atoms with Crippen molar-refractivity contribution in [1.29, 1.82) is 0 Å². The summed E-state index contributed by atoms with van der Waals surface area (Å²) < 4.78 is 0. The molecule has 0 saturated heterocycles. The summed E-state index contributed by atoms with van der Waals surface area (Å²) in [4.78, 5) is 12.6. The SMILES string of the molecule is Cc1cccc(NC(=O)C23CCC(N)(CC2)CC3)c1. The molecule has 4 rings (SSSR count). The second kappa shape index (κ2) is 4.34. The lowest BCUT2D eigenvalue weighted by Gasteiger charge is -2.50. The van der Waals surface area contributed by atoms with Crippen LogP contribution in [0.1, 0.15) is 44.1 Å². The summed E-state index contributed by atoms with van der Waals surface area (Å²) in [5.41, 5.74) is 8.23. The van der Waals surface area contributed by atoms with Gasteiger partial charge in [0.15, 0.2) is 0 Å². The molecule has 3 aliphatic carbocycles. The molecular weight excluding hydrogens is 236 g/mol. The second-order valence-electron chi connectivity index (χ2n) is 6.47. The molecule has 0 spiro atoms. The van der Waals surface area contributed by atoms with E-state index in [1.807, 2.05) is 31.2 Å². The van der Waals surface area contributed by atoms with E-state index in [1.165, 1.54) is 5.56 Å². The van der Waals surface area contributed by atoms with Gasteiger partial charge < -0.3 is 11.1 Å². The minimum absolute atomic E-state index is 0.0192. The van der Waals surface area contributed by atoms with E-state index >= 15 is 0 Å². The molecule has 2 bridgehead atoms. The van der Waals surface area contributed by atoms with E-state index in [1.54, 1.807) is 0 Å². The van der Waals surface area contributed by atoms with E-state index < -0.39 is 0 Å². The molecular formula is C16H22N2O. The van der Waals surface area contributed by atoms with Crippen molar-refractivity contribution in [1.82, 2.24) is 0 Å². The summed E-state index contributed by atoms with van der Waals surface area (Å²) in [7, 11) is 0. The van der Waals surface area contributed by atoms with Gasteiger partial charge in [-0.2, -0.15) is 0 Å². The van der Waals surface area contributed by atoms with E-state index in [-0.39, 0.29) is 16.9 Å². The number of fused-ring (bicyclic) bond motifs is 3. The molecule has 3 N–H and O–H groups in total. The molecule has 0 aliphatic heterocycles. The highest BCUT2D eigenvalue weighted by molar-refractivity contribution is 5.95. The van der Waals surface area contributed by atoms with Crippen molar-refractivity contribution in [2.75, 3.05) is 5.32 Å². The standard InChI is InChI=1S/C16H22N2O/c1-12-3-2-4-13(11-12)18-14(19)15-5-8-16(17,9-6-15)10-7-15/h2-4,11H,5-10,17H2,1H3,(H,18,19). The average Bonchev–Trinajstić information content (AvgIpc) is 2.40. The van der Waals surface area contributed by atoms with Crippen molar-refractivity contribution in [2.45, 2.75) is 51.0 Å². The number of hydrogen-bond donors (Lipinski definition) is 2. The molecule has 1 amide bonds. The number of amides is 1. The highest BCUT2D eigenvalue weighted by Crippen LogP contribution is 2.51. The summed E-state index contributed by atoms with van der Waals surface area (Å²) >= 11 is 0. The Morgan fingerprint density at radius 1 is 1.16 bits per heavy atom. The van der Waals surface area contributed by atoms with Crippen LogP contribution >= 0.6 is 0 Å². The lowest BCUT2D eigenvalue weighted by atomic mass is 9.57. The number of hydrogen-bond acceptors (Lipinski definition) is 2. The number of rotatable bonds is 2. The minimum Gasteiger partial charge on any atom is -0.326 e. The zero-order valence-corrected chi connectivity index (χ0v) is 11.5. The van der Waals surface area contributed by atoms with E-state index in [0.29, 0.717) is 0 Å². The maximum absolute atomic E-state index is 12.6. The van der Waals surface area contributed by atoms with Gasteiger partial charge in [0.25, 0.3) is 0 Å². The Kier molecular flexibility index (Phi) is 2.90. The topological polar surface area (TPSA) is 55.1 Å². The third kappa shape index (κ3) is 2.27. The summed E-state index contributed by atoms with van der Waals surface area (Å²) in [5, 5.41) is 3.10. The second-order valence-corrected chi connectivity index (χ2v) is 6.47. The zero-order valence-electron chi connectivity index (χ0n) is 11.5. The first-order valence-electron chi connectivity index (χ1n) is 7.19. The van der Waals surface area contributed by atoms with E-state index in [4.69, 9.17) is 5.73 Å². The summed E-state index contributed by atoms with van der Waals surface area (Å²) in [5.74, 6) is 0.194. The Morgan fingerprint density at radius 2 is 1.79 bits per heavy atom. The number of anilines is 1. The molecule has 102 valence electrons. The normalized spacial score (nSPS) is 33.2. The molecule has 3 saturated carbocycles. The predicted molar refractivity (Wildman–Crippen MR) is 76.9 cm³/mol. The molecule has 1 aromatic rings. The van der Waals surface area contributed by atoms with Gasteiger partial charge in [-0.1, -0.05) is 12.1 Å². The molecule has 3 heteroatoms. The lowest BCUT2D eigenvalue weighted by molar-refractivity contribution is -0.131. The monoisotopic (exact) mass is 258 g/mol. The number of aryl methyl sites for hydroxylation is 1. The first-order valence-corrected chi connectivity index (χ1v) is 7.19. The molecule has 0 aromatic heterocycles. The van der Waals surface area contributed by atoms with Crippen molar-refractivity contribution in [3.05, 3.63) is 29.8 Å². The highest BCUT2D eigenvalue weighted by Gasteiger charge is 2.50. The van der Waals surface area contributed by atoms with Gasteiger partial charge >= 0.3 is 0 Å². The van der Waals surface area contributed by atoms with Crippen LogP contribution in [0.25, 0.3) is 0 Å². The van der Waals surface area contributed by atoms with Crippen LogP contribution in [0.5, 0.6) is 0 Å². The average molecular weight is 258 g/mol. The fourth-order valence-electron chi connectivity index (χ4n) is 3.54. The van der Waals surface area contributed by atoms with Gasteiger partial charge in [0.2, 0.25) is 5.91 Å². The molecule has 3 fully saturated rings. The van der Waals surface area contributed by atoms with Crippen LogP contribution in [0.3, 0.4) is 0 Å². The van der Waals surface area contributed by atoms with Gasteiger partial charge in [-0.25, -0.2) is 0 Å². The largest absolute Gasteiger partial charge is 0.326 e. The minimum atomic E-state index is -0.162. The van der Waals surface area contributed by atoms with Crippen LogP contribution in [0.4, 0.5) is 5.69 Å². The van der Waals surface area contributed by atoms with Gasteiger partial charge in [0.1, 0.15) is 0 Å². The fourth-order valence-corrected chi connectivity index (χ4v) is 3.54. The third-order valence-electron chi connectivity index (χ3n) is 5.06. The Balaban J connectivity index is 1.74. The third-order valence-corrected chi connectivity index (χ3v) is 5.06. The number of carbonyl (C=O) groups is 1. The number of nitrogens with two attached hydrogens (primary N) is 1. The van der Waals surface area contributed by atoms with Crippen LogP contribution in [0.2, 0.25) is 0 Å². The number of benzene rings is 1. The van der Waals surface area contributed by atoms with Crippen molar-refractivity contribution in [3.8, 4) is 0 Å². The van der Waals surface area contributed by atoms with Gasteiger partial charge in [0, 0.05) is 16.6 Å². The highest BCUT2D eigenvalue weighted by atomic mass is 16.2. The van der Waals surface area contributed by atoms with E-state index in [2.05, 4.69) is 5.32 Å². The Morgan fingerprint density at radius 3 is 2.37 bits per heavy atom. The van der Waals surface area contributed by atoms with Crippen LogP contribution in [-0.4, -0.2) is 11.4 Å². The van der Waals surface area contributed by atoms with Crippen molar-refractivity contribution < 1.29 is 4.79 Å². The van der Waals surface area contributed by atoms with Gasteiger partial charge in [-0.3, -0.25) is 4.79 Å². The molecule has 0 unspecified atom stereocenters. The molecule has 19 heavy (non-hydrogen) atoms. The molecule has 3 aliphatic rings. The Labute approximate surface area is 114 Å². The van der Waals surface area contributed by atoms with Crippen LogP contribution in [-0.2, 0) is 4.79 Å². The summed E-state index contributed by atoms with van der Waals surface area (Å²) in [6.07, 6.45) is 5.82. The van der Waals surface area contributed by atoms with Gasteiger partial charge in [-0.15, -0.1) is 0 Å². The van der Waals surface area contributed by atoms with Gasteiger partial charge in [0.05, 0.1) is 0 Å². The Hall–Kier alpha value is -1.35. The number of nitrogens with one attached hydrogen (secondary N) is 1. The molecule has 1 aromatic carbocycles. The predicted octanol–water partition coefficient (Wildman–Crippen LogP) is 2.99. The maximum atomic E-state index is 12.6. The molecule has 0 radical (unpaired) electrons. The first-order chi connectivity index (χ1) is 9.01. The Bertz CT molecular complexity index is 485. The summed E-state index contributed by atoms with van der Waals surface area (Å²) in [6.45, 7) is 2.04. The van der Waals surface area contributed by atoms with E-state index in [0.717, 1.165) is 44.2 Å². The molecule has 0 atom stereocenters. The quantitative estimate of drug-likeness (QED) is 0.856. The van der Waals surface area contributed by atoms with Crippen LogP contribution < -0.4 is 11.1 Å². The van der Waals surface area contributed by atoms with Crippen molar-refractivity contribution in [3.63, 3.8) is 0 Å². The molecule has 0 heterocycles. The van der Waals surface area contributed by atoms with Crippen molar-refractivity contribution in [2.24, 2.45) is 11.1 Å². The zero-order chi connectivity index (χ0) is 13.5. The van der Waals surface area contributed by atoms with Crippen LogP contribution in [0.15, 0.2) is 24.3 Å². The smallest absolute Gasteiger partial charge is 0.230 e.